The van der Waals surface area contributed by atoms with Gasteiger partial charge in [0.1, 0.15) is 29.0 Å². The van der Waals surface area contributed by atoms with Gasteiger partial charge in [0.05, 0.1) is 39.8 Å². The lowest BCUT2D eigenvalue weighted by Crippen LogP contribution is -2.25. The number of pyridine rings is 1. The predicted octanol–water partition coefficient (Wildman–Crippen LogP) is 5.22. The van der Waals surface area contributed by atoms with E-state index in [0.717, 1.165) is 19.1 Å². The topological polar surface area (TPSA) is 110 Å². The van der Waals surface area contributed by atoms with Crippen molar-refractivity contribution in [2.24, 2.45) is 0 Å². The number of anilines is 1. The third-order valence-corrected chi connectivity index (χ3v) is 8.80. The van der Waals surface area contributed by atoms with Crippen molar-refractivity contribution in [3.63, 3.8) is 0 Å². The Balaban J connectivity index is 1.54. The Morgan fingerprint density at radius 2 is 1.93 bits per heavy atom. The fourth-order valence-electron chi connectivity index (χ4n) is 5.32. The average molecular weight is 558 g/mol. The van der Waals surface area contributed by atoms with Crippen LogP contribution in [0.4, 0.5) is 10.1 Å². The number of rotatable bonds is 5. The monoisotopic (exact) mass is 557 g/mol. The Kier molecular flexibility index (Phi) is 5.21. The van der Waals surface area contributed by atoms with Gasteiger partial charge in [0.25, 0.3) is 5.91 Å². The third kappa shape index (κ3) is 3.64. The predicted molar refractivity (Wildman–Crippen MR) is 152 cm³/mol. The number of nitrogens with zero attached hydrogens (tertiary/aromatic N) is 4. The zero-order valence-corrected chi connectivity index (χ0v) is 22.7. The van der Waals surface area contributed by atoms with E-state index in [1.165, 1.54) is 17.4 Å². The fraction of sp³-hybridized carbons (Fsp3) is 0.207. The van der Waals surface area contributed by atoms with Crippen molar-refractivity contribution >= 4 is 60.0 Å². The Hall–Kier alpha value is -4.51. The summed E-state index contributed by atoms with van der Waals surface area (Å²) in [6.07, 6.45) is 4.61. The molecule has 1 saturated carbocycles. The van der Waals surface area contributed by atoms with Crippen molar-refractivity contribution in [2.75, 3.05) is 24.7 Å². The van der Waals surface area contributed by atoms with Crippen LogP contribution >= 0.6 is 0 Å². The standard InChI is InChI=1S/C29H24FN5O4S/c1-31-29(36)26-18-11-17(23(34(2)40(3,37)38)13-25(18)39-28(26)15-7-8-15)20-9-10-21-27(33-20)24-12-16-19(30)5-4-6-22(16)35(24)14-32-21/h4-6,9-15H,7-8H2,1-3H3,(H,31,36). The van der Waals surface area contributed by atoms with Crippen LogP contribution < -0.4 is 9.62 Å². The summed E-state index contributed by atoms with van der Waals surface area (Å²) in [7, 11) is -0.623. The number of nitrogens with one attached hydrogen (secondary N) is 1. The van der Waals surface area contributed by atoms with Crippen LogP contribution in [0.15, 0.2) is 59.3 Å². The number of aromatic nitrogens is 3. The zero-order chi connectivity index (χ0) is 27.9. The summed E-state index contributed by atoms with van der Waals surface area (Å²) in [6.45, 7) is 0. The molecular formula is C29H24FN5O4S. The number of carbonyl (C=O) groups is 1. The van der Waals surface area contributed by atoms with E-state index in [2.05, 4.69) is 10.3 Å². The molecule has 1 amide bonds. The second kappa shape index (κ2) is 8.49. The average Bonchev–Trinajstić information content (AvgIpc) is 3.61. The number of sulfonamides is 1. The Bertz CT molecular complexity index is 2150. The quantitative estimate of drug-likeness (QED) is 0.311. The first-order chi connectivity index (χ1) is 19.2. The Morgan fingerprint density at radius 1 is 1.12 bits per heavy atom. The summed E-state index contributed by atoms with van der Waals surface area (Å²) in [6, 6.07) is 13.6. The van der Waals surface area contributed by atoms with Gasteiger partial charge in [-0.05, 0) is 49.2 Å². The first-order valence-electron chi connectivity index (χ1n) is 12.8. The first kappa shape index (κ1) is 24.5. The molecule has 1 fully saturated rings. The molecule has 0 atom stereocenters. The first-order valence-corrected chi connectivity index (χ1v) is 14.6. The van der Waals surface area contributed by atoms with Gasteiger partial charge in [0.15, 0.2) is 0 Å². The largest absolute Gasteiger partial charge is 0.460 e. The van der Waals surface area contributed by atoms with E-state index in [9.17, 15) is 17.6 Å². The summed E-state index contributed by atoms with van der Waals surface area (Å²) in [5, 5.41) is 3.73. The maximum Gasteiger partial charge on any atom is 0.255 e. The van der Waals surface area contributed by atoms with Gasteiger partial charge in [-0.15, -0.1) is 0 Å². The van der Waals surface area contributed by atoms with Crippen molar-refractivity contribution in [3.05, 3.63) is 72.0 Å². The van der Waals surface area contributed by atoms with E-state index in [-0.39, 0.29) is 17.6 Å². The van der Waals surface area contributed by atoms with E-state index in [4.69, 9.17) is 9.40 Å². The molecule has 0 radical (unpaired) electrons. The zero-order valence-electron chi connectivity index (χ0n) is 21.9. The van der Waals surface area contributed by atoms with Gasteiger partial charge in [-0.2, -0.15) is 0 Å². The van der Waals surface area contributed by atoms with Gasteiger partial charge in [0.2, 0.25) is 10.0 Å². The third-order valence-electron chi connectivity index (χ3n) is 7.61. The SMILES string of the molecule is CNC(=O)c1c(C2CC2)oc2cc(N(C)S(C)(=O)=O)c(-c3ccc4ncn5c6cccc(F)c6cc5c4n3)cc12. The minimum absolute atomic E-state index is 0.154. The minimum atomic E-state index is -3.66. The van der Waals surface area contributed by atoms with E-state index < -0.39 is 10.0 Å². The van der Waals surface area contributed by atoms with Crippen LogP contribution in [0.2, 0.25) is 0 Å². The molecule has 9 nitrogen and oxygen atoms in total. The van der Waals surface area contributed by atoms with Crippen LogP contribution in [0.3, 0.4) is 0 Å². The fourth-order valence-corrected chi connectivity index (χ4v) is 5.83. The molecule has 0 spiro atoms. The maximum atomic E-state index is 14.6. The Labute approximate surface area is 228 Å². The van der Waals surface area contributed by atoms with Crippen LogP contribution in [0, 0.1) is 5.82 Å². The minimum Gasteiger partial charge on any atom is -0.460 e. The second-order valence-electron chi connectivity index (χ2n) is 10.2. The molecule has 0 saturated heterocycles. The second-order valence-corrected chi connectivity index (χ2v) is 12.2. The number of carbonyl (C=O) groups excluding carboxylic acids is 1. The summed E-state index contributed by atoms with van der Waals surface area (Å²) >= 11 is 0. The number of fused-ring (bicyclic) bond motifs is 6. The van der Waals surface area contributed by atoms with Crippen LogP contribution in [0.25, 0.3) is 49.7 Å². The molecule has 0 unspecified atom stereocenters. The molecule has 0 bridgehead atoms. The van der Waals surface area contributed by atoms with Crippen LogP contribution in [-0.2, 0) is 10.0 Å². The van der Waals surface area contributed by atoms with Crippen molar-refractivity contribution in [2.45, 2.75) is 18.8 Å². The molecule has 4 aromatic heterocycles. The molecule has 4 heterocycles. The van der Waals surface area contributed by atoms with Gasteiger partial charge in [-0.3, -0.25) is 13.5 Å². The summed E-state index contributed by atoms with van der Waals surface area (Å²) in [5.41, 5.74) is 4.66. The summed E-state index contributed by atoms with van der Waals surface area (Å²) < 4.78 is 49.1. The van der Waals surface area contributed by atoms with Crippen molar-refractivity contribution in [3.8, 4) is 11.3 Å². The molecule has 11 heteroatoms. The summed E-state index contributed by atoms with van der Waals surface area (Å²) in [4.78, 5) is 22.4. The normalized spacial score (nSPS) is 14.0. The van der Waals surface area contributed by atoms with Crippen LogP contribution in [0.5, 0.6) is 0 Å². The molecule has 1 aliphatic rings. The van der Waals surface area contributed by atoms with Gasteiger partial charge >= 0.3 is 0 Å². The van der Waals surface area contributed by atoms with Crippen LogP contribution in [0.1, 0.15) is 34.9 Å². The number of amides is 1. The molecule has 6 aromatic rings. The van der Waals surface area contributed by atoms with Gasteiger partial charge in [0, 0.05) is 42.4 Å². The molecule has 7 rings (SSSR count). The van der Waals surface area contributed by atoms with E-state index >= 15 is 0 Å². The van der Waals surface area contributed by atoms with E-state index in [1.807, 2.05) is 6.07 Å². The molecule has 202 valence electrons. The lowest BCUT2D eigenvalue weighted by atomic mass is 10.0. The Morgan fingerprint density at radius 3 is 2.65 bits per heavy atom. The van der Waals surface area contributed by atoms with Gasteiger partial charge in [-0.25, -0.2) is 22.8 Å². The molecular weight excluding hydrogens is 533 g/mol. The van der Waals surface area contributed by atoms with Crippen molar-refractivity contribution in [1.82, 2.24) is 19.7 Å². The van der Waals surface area contributed by atoms with E-state index in [0.29, 0.717) is 66.7 Å². The number of benzene rings is 2. The van der Waals surface area contributed by atoms with E-state index in [1.54, 1.807) is 54.2 Å². The smallest absolute Gasteiger partial charge is 0.255 e. The highest BCUT2D eigenvalue weighted by molar-refractivity contribution is 7.92. The van der Waals surface area contributed by atoms with Crippen molar-refractivity contribution < 1.29 is 22.0 Å². The molecule has 1 aliphatic carbocycles. The van der Waals surface area contributed by atoms with Gasteiger partial charge < -0.3 is 9.73 Å². The number of hydrogen-bond donors (Lipinski definition) is 1. The molecule has 0 aliphatic heterocycles. The van der Waals surface area contributed by atoms with Gasteiger partial charge in [-0.1, -0.05) is 6.07 Å². The lowest BCUT2D eigenvalue weighted by molar-refractivity contribution is 0.0962. The van der Waals surface area contributed by atoms with Crippen molar-refractivity contribution in [1.29, 1.82) is 0 Å². The lowest BCUT2D eigenvalue weighted by Gasteiger charge is -2.20. The molecule has 1 N–H and O–H groups in total. The molecule has 40 heavy (non-hydrogen) atoms. The highest BCUT2D eigenvalue weighted by atomic mass is 32.2. The maximum absolute atomic E-state index is 14.6. The number of halogens is 1. The molecule has 2 aromatic carbocycles. The highest BCUT2D eigenvalue weighted by Gasteiger charge is 2.34. The number of furan rings is 1. The van der Waals surface area contributed by atoms with Crippen LogP contribution in [-0.4, -0.2) is 49.0 Å². The summed E-state index contributed by atoms with van der Waals surface area (Å²) in [5.74, 6) is 0.149. The highest BCUT2D eigenvalue weighted by Crippen LogP contribution is 2.47. The number of hydrogen-bond acceptors (Lipinski definition) is 6.